The van der Waals surface area contributed by atoms with E-state index in [0.29, 0.717) is 12.4 Å². The lowest BCUT2D eigenvalue weighted by Gasteiger charge is -1.97. The second kappa shape index (κ2) is 6.72. The second-order valence-corrected chi connectivity index (χ2v) is 5.89. The van der Waals surface area contributed by atoms with E-state index in [1.165, 1.54) is 11.3 Å². The van der Waals surface area contributed by atoms with E-state index in [4.69, 9.17) is 9.26 Å². The number of nitrogens with zero attached hydrogens (tertiary/aromatic N) is 2. The molecular formula is C12H14N2O3S2. The first-order chi connectivity index (χ1) is 9.17. The Labute approximate surface area is 119 Å². The van der Waals surface area contributed by atoms with Crippen LogP contribution in [0.3, 0.4) is 0 Å². The van der Waals surface area contributed by atoms with Crippen LogP contribution in [0.15, 0.2) is 20.3 Å². The summed E-state index contributed by atoms with van der Waals surface area (Å²) in [6.45, 7) is 4.08. The Balaban J connectivity index is 1.85. The molecule has 0 aromatic carbocycles. The molecule has 0 unspecified atom stereocenters. The van der Waals surface area contributed by atoms with Crippen molar-refractivity contribution in [1.29, 1.82) is 0 Å². The number of aromatic nitrogens is 2. The third kappa shape index (κ3) is 4.36. The van der Waals surface area contributed by atoms with Gasteiger partial charge in [0.1, 0.15) is 5.76 Å². The van der Waals surface area contributed by atoms with E-state index in [-0.39, 0.29) is 12.4 Å². The zero-order chi connectivity index (χ0) is 13.7. The first kappa shape index (κ1) is 14.1. The highest BCUT2D eigenvalue weighted by Gasteiger charge is 2.09. The van der Waals surface area contributed by atoms with Crippen molar-refractivity contribution in [1.82, 2.24) is 10.1 Å². The van der Waals surface area contributed by atoms with E-state index in [2.05, 4.69) is 10.1 Å². The van der Waals surface area contributed by atoms with Crippen LogP contribution in [0.2, 0.25) is 0 Å². The minimum atomic E-state index is -0.241. The summed E-state index contributed by atoms with van der Waals surface area (Å²) < 4.78 is 10.9. The Hall–Kier alpha value is -1.34. The Morgan fingerprint density at radius 2 is 2.42 bits per heavy atom. The normalized spacial score (nSPS) is 10.6. The average molecular weight is 298 g/mol. The summed E-state index contributed by atoms with van der Waals surface area (Å²) in [5.41, 5.74) is 1.62. The second-order valence-electron chi connectivity index (χ2n) is 3.81. The molecule has 0 spiro atoms. The van der Waals surface area contributed by atoms with E-state index >= 15 is 0 Å². The Kier molecular flexibility index (Phi) is 4.98. The van der Waals surface area contributed by atoms with Gasteiger partial charge in [-0.05, 0) is 13.8 Å². The van der Waals surface area contributed by atoms with Crippen LogP contribution in [0.4, 0.5) is 0 Å². The number of ether oxygens (including phenoxy) is 1. The first-order valence-electron chi connectivity index (χ1n) is 5.82. The van der Waals surface area contributed by atoms with E-state index in [1.807, 2.05) is 18.4 Å². The van der Waals surface area contributed by atoms with Gasteiger partial charge in [-0.1, -0.05) is 16.9 Å². The van der Waals surface area contributed by atoms with Gasteiger partial charge in [-0.25, -0.2) is 4.98 Å². The van der Waals surface area contributed by atoms with Crippen molar-refractivity contribution >= 4 is 29.1 Å². The predicted octanol–water partition coefficient (Wildman–Crippen LogP) is 2.84. The van der Waals surface area contributed by atoms with Gasteiger partial charge < -0.3 is 9.26 Å². The molecule has 0 aliphatic rings. The van der Waals surface area contributed by atoms with E-state index in [1.54, 1.807) is 18.7 Å². The van der Waals surface area contributed by atoms with Gasteiger partial charge in [-0.3, -0.25) is 4.79 Å². The van der Waals surface area contributed by atoms with Gasteiger partial charge in [0, 0.05) is 11.4 Å². The van der Waals surface area contributed by atoms with E-state index in [0.717, 1.165) is 21.5 Å². The fourth-order valence-electron chi connectivity index (χ4n) is 1.41. The van der Waals surface area contributed by atoms with Gasteiger partial charge in [0.25, 0.3) is 0 Å². The molecule has 2 heterocycles. The minimum absolute atomic E-state index is 0.228. The monoisotopic (exact) mass is 298 g/mol. The fraction of sp³-hybridized carbons (Fsp3) is 0.417. The van der Waals surface area contributed by atoms with Crippen LogP contribution >= 0.6 is 23.1 Å². The lowest BCUT2D eigenvalue weighted by atomic mass is 10.3. The van der Waals surface area contributed by atoms with Gasteiger partial charge in [0.2, 0.25) is 0 Å². The standard InChI is InChI=1S/C12H14N2O3S2/c1-3-16-11(15)5-9-6-18-12(13-9)19-7-10-4-8(2)14-17-10/h4,6H,3,5,7H2,1-2H3. The molecule has 0 radical (unpaired) electrons. The zero-order valence-electron chi connectivity index (χ0n) is 10.7. The van der Waals surface area contributed by atoms with Gasteiger partial charge in [0.05, 0.1) is 30.2 Å². The summed E-state index contributed by atoms with van der Waals surface area (Å²) in [5.74, 6) is 1.27. The molecule has 102 valence electrons. The van der Waals surface area contributed by atoms with Gasteiger partial charge in [0.15, 0.2) is 4.34 Å². The van der Waals surface area contributed by atoms with E-state index < -0.39 is 0 Å². The summed E-state index contributed by atoms with van der Waals surface area (Å²) in [6.07, 6.45) is 0.228. The Morgan fingerprint density at radius 1 is 1.58 bits per heavy atom. The predicted molar refractivity (Wildman–Crippen MR) is 73.3 cm³/mol. The summed E-state index contributed by atoms with van der Waals surface area (Å²) >= 11 is 3.09. The molecule has 0 atom stereocenters. The highest BCUT2D eigenvalue weighted by Crippen LogP contribution is 2.26. The molecule has 7 heteroatoms. The SMILES string of the molecule is CCOC(=O)Cc1csc(SCc2cc(C)no2)n1. The number of hydrogen-bond donors (Lipinski definition) is 0. The third-order valence-corrected chi connectivity index (χ3v) is 4.27. The van der Waals surface area contributed by atoms with E-state index in [9.17, 15) is 4.79 Å². The topological polar surface area (TPSA) is 65.2 Å². The molecular weight excluding hydrogens is 284 g/mol. The molecule has 0 saturated heterocycles. The van der Waals surface area contributed by atoms with Crippen LogP contribution in [0, 0.1) is 6.92 Å². The van der Waals surface area contributed by atoms with Crippen LogP contribution in [-0.4, -0.2) is 22.7 Å². The summed E-state index contributed by atoms with van der Waals surface area (Å²) in [5, 5.41) is 5.71. The average Bonchev–Trinajstić information content (AvgIpc) is 2.96. The molecule has 0 bridgehead atoms. The van der Waals surface area contributed by atoms with Crippen molar-refractivity contribution in [3.63, 3.8) is 0 Å². The maximum Gasteiger partial charge on any atom is 0.311 e. The lowest BCUT2D eigenvalue weighted by Crippen LogP contribution is -2.07. The zero-order valence-corrected chi connectivity index (χ0v) is 12.3. The van der Waals surface area contributed by atoms with Crippen molar-refractivity contribution in [2.24, 2.45) is 0 Å². The molecule has 0 fully saturated rings. The van der Waals surface area contributed by atoms with Crippen LogP contribution in [0.1, 0.15) is 24.1 Å². The number of carbonyl (C=O) groups is 1. The summed E-state index contributed by atoms with van der Waals surface area (Å²) in [7, 11) is 0. The molecule has 5 nitrogen and oxygen atoms in total. The van der Waals surface area contributed by atoms with Crippen molar-refractivity contribution in [2.75, 3.05) is 6.61 Å². The highest BCUT2D eigenvalue weighted by atomic mass is 32.2. The number of rotatable bonds is 6. The van der Waals surface area contributed by atoms with Crippen molar-refractivity contribution in [3.8, 4) is 0 Å². The molecule has 19 heavy (non-hydrogen) atoms. The van der Waals surface area contributed by atoms with Gasteiger partial charge in [-0.15, -0.1) is 11.3 Å². The molecule has 0 aliphatic heterocycles. The van der Waals surface area contributed by atoms with Gasteiger partial charge >= 0.3 is 5.97 Å². The molecule has 0 aliphatic carbocycles. The van der Waals surface area contributed by atoms with Crippen LogP contribution in [0.5, 0.6) is 0 Å². The molecule has 0 N–H and O–H groups in total. The number of carbonyl (C=O) groups excluding carboxylic acids is 1. The largest absolute Gasteiger partial charge is 0.466 e. The maximum atomic E-state index is 11.3. The Bertz CT molecular complexity index is 551. The number of aryl methyl sites for hydroxylation is 1. The molecule has 0 saturated carbocycles. The number of thiazole rings is 1. The highest BCUT2D eigenvalue weighted by molar-refractivity contribution is 8.00. The van der Waals surface area contributed by atoms with Crippen molar-refractivity contribution < 1.29 is 14.1 Å². The lowest BCUT2D eigenvalue weighted by molar-refractivity contribution is -0.142. The molecule has 2 rings (SSSR count). The van der Waals surface area contributed by atoms with Crippen LogP contribution in [-0.2, 0) is 21.7 Å². The molecule has 2 aromatic rings. The van der Waals surface area contributed by atoms with Crippen molar-refractivity contribution in [2.45, 2.75) is 30.4 Å². The Morgan fingerprint density at radius 3 is 3.11 bits per heavy atom. The number of thioether (sulfide) groups is 1. The summed E-state index contributed by atoms with van der Waals surface area (Å²) in [6, 6.07) is 1.90. The van der Waals surface area contributed by atoms with Crippen molar-refractivity contribution in [3.05, 3.63) is 28.6 Å². The molecule has 0 amide bonds. The number of hydrogen-bond acceptors (Lipinski definition) is 7. The summed E-state index contributed by atoms with van der Waals surface area (Å²) in [4.78, 5) is 15.7. The van der Waals surface area contributed by atoms with Crippen LogP contribution in [0.25, 0.3) is 0 Å². The minimum Gasteiger partial charge on any atom is -0.466 e. The number of esters is 1. The molecule has 2 aromatic heterocycles. The quantitative estimate of drug-likeness (QED) is 0.603. The van der Waals surface area contributed by atoms with Gasteiger partial charge in [-0.2, -0.15) is 0 Å². The van der Waals surface area contributed by atoms with Crippen LogP contribution < -0.4 is 0 Å². The fourth-order valence-corrected chi connectivity index (χ4v) is 3.13. The maximum absolute atomic E-state index is 11.3. The first-order valence-corrected chi connectivity index (χ1v) is 7.69. The smallest absolute Gasteiger partial charge is 0.311 e. The third-order valence-electron chi connectivity index (χ3n) is 2.18.